The Kier molecular flexibility index (Phi) is 5.52. The number of benzene rings is 2. The van der Waals surface area contributed by atoms with Crippen molar-refractivity contribution in [1.82, 2.24) is 14.9 Å². The SMILES string of the molecule is C[C@H]1COc2c(N3CCN(C)CC3)c(F)cc3c(=O)c(C(=O)NNc4ccc(N)cc4)cn1c23. The van der Waals surface area contributed by atoms with E-state index >= 15 is 4.39 Å². The van der Waals surface area contributed by atoms with E-state index in [0.717, 1.165) is 13.1 Å². The molecule has 5 rings (SSSR count). The molecule has 0 unspecified atom stereocenters. The number of hydrogen-bond donors (Lipinski definition) is 3. The van der Waals surface area contributed by atoms with Crippen molar-refractivity contribution in [2.75, 3.05) is 55.9 Å². The molecule has 3 heterocycles. The average molecular weight is 467 g/mol. The molecule has 2 aliphatic rings. The summed E-state index contributed by atoms with van der Waals surface area (Å²) in [6, 6.07) is 7.87. The normalized spacial score (nSPS) is 18.0. The lowest BCUT2D eigenvalue weighted by Gasteiger charge is -2.37. The molecule has 0 saturated carbocycles. The highest BCUT2D eigenvalue weighted by Crippen LogP contribution is 2.42. The molecule has 2 aliphatic heterocycles. The Morgan fingerprint density at radius 1 is 1.18 bits per heavy atom. The first-order chi connectivity index (χ1) is 16.3. The lowest BCUT2D eigenvalue weighted by atomic mass is 10.0. The van der Waals surface area contributed by atoms with E-state index in [1.807, 2.05) is 23.4 Å². The molecule has 1 saturated heterocycles. The summed E-state index contributed by atoms with van der Waals surface area (Å²) < 4.78 is 23.2. The molecule has 10 heteroatoms. The van der Waals surface area contributed by atoms with Crippen LogP contribution in [0, 0.1) is 5.82 Å². The minimum atomic E-state index is -0.615. The maximum Gasteiger partial charge on any atom is 0.275 e. The van der Waals surface area contributed by atoms with E-state index in [-0.39, 0.29) is 17.0 Å². The second-order valence-corrected chi connectivity index (χ2v) is 8.86. The van der Waals surface area contributed by atoms with Gasteiger partial charge in [0.2, 0.25) is 5.43 Å². The van der Waals surface area contributed by atoms with Crippen LogP contribution in [0.3, 0.4) is 0 Å². The summed E-state index contributed by atoms with van der Waals surface area (Å²) in [4.78, 5) is 30.4. The van der Waals surface area contributed by atoms with E-state index < -0.39 is 17.2 Å². The lowest BCUT2D eigenvalue weighted by molar-refractivity contribution is 0.0960. The Bertz CT molecular complexity index is 1320. The molecule has 178 valence electrons. The van der Waals surface area contributed by atoms with E-state index in [1.165, 1.54) is 12.3 Å². The third kappa shape index (κ3) is 3.79. The van der Waals surface area contributed by atoms with E-state index in [4.69, 9.17) is 10.5 Å². The van der Waals surface area contributed by atoms with E-state index in [2.05, 4.69) is 15.8 Å². The molecule has 2 aromatic carbocycles. The van der Waals surface area contributed by atoms with Crippen molar-refractivity contribution in [2.45, 2.75) is 13.0 Å². The first-order valence-corrected chi connectivity index (χ1v) is 11.2. The van der Waals surface area contributed by atoms with Gasteiger partial charge in [0.05, 0.1) is 22.6 Å². The van der Waals surface area contributed by atoms with Crippen LogP contribution >= 0.6 is 0 Å². The third-order valence-electron chi connectivity index (χ3n) is 6.44. The maximum atomic E-state index is 15.4. The average Bonchev–Trinajstić information content (AvgIpc) is 2.82. The molecule has 34 heavy (non-hydrogen) atoms. The lowest BCUT2D eigenvalue weighted by Crippen LogP contribution is -2.45. The summed E-state index contributed by atoms with van der Waals surface area (Å²) in [5.41, 5.74) is 12.5. The number of anilines is 3. The van der Waals surface area contributed by atoms with Gasteiger partial charge in [0, 0.05) is 38.1 Å². The Morgan fingerprint density at radius 3 is 2.59 bits per heavy atom. The van der Waals surface area contributed by atoms with Gasteiger partial charge in [-0.05, 0) is 44.3 Å². The molecule has 9 nitrogen and oxygen atoms in total. The van der Waals surface area contributed by atoms with Gasteiger partial charge in [-0.25, -0.2) is 4.39 Å². The van der Waals surface area contributed by atoms with Crippen LogP contribution in [0.2, 0.25) is 0 Å². The van der Waals surface area contributed by atoms with Gasteiger partial charge in [-0.15, -0.1) is 0 Å². The molecule has 1 atom stereocenters. The number of ether oxygens (including phenoxy) is 1. The van der Waals surface area contributed by atoms with Crippen LogP contribution in [0.5, 0.6) is 5.75 Å². The fourth-order valence-electron chi connectivity index (χ4n) is 4.46. The van der Waals surface area contributed by atoms with E-state index in [9.17, 15) is 9.59 Å². The molecular weight excluding hydrogens is 439 g/mol. The highest BCUT2D eigenvalue weighted by Gasteiger charge is 2.31. The van der Waals surface area contributed by atoms with Crippen LogP contribution in [0.1, 0.15) is 23.3 Å². The molecule has 1 fully saturated rings. The number of hydrogen-bond acceptors (Lipinski definition) is 7. The van der Waals surface area contributed by atoms with E-state index in [1.54, 1.807) is 24.3 Å². The highest BCUT2D eigenvalue weighted by atomic mass is 19.1. The van der Waals surface area contributed by atoms with Crippen molar-refractivity contribution in [2.24, 2.45) is 0 Å². The maximum absolute atomic E-state index is 15.4. The smallest absolute Gasteiger partial charge is 0.275 e. The van der Waals surface area contributed by atoms with Crippen LogP contribution < -0.4 is 31.7 Å². The fourth-order valence-corrected chi connectivity index (χ4v) is 4.46. The van der Waals surface area contributed by atoms with Crippen molar-refractivity contribution in [3.05, 3.63) is 58.1 Å². The number of carbonyl (C=O) groups excluding carboxylic acids is 1. The number of carbonyl (C=O) groups is 1. The number of amides is 1. The molecule has 0 aliphatic carbocycles. The summed E-state index contributed by atoms with van der Waals surface area (Å²) in [6.07, 6.45) is 1.53. The van der Waals surface area contributed by atoms with Crippen molar-refractivity contribution in [1.29, 1.82) is 0 Å². The second-order valence-electron chi connectivity index (χ2n) is 8.86. The Balaban J connectivity index is 1.55. The van der Waals surface area contributed by atoms with Crippen molar-refractivity contribution >= 4 is 33.9 Å². The number of piperazine rings is 1. The number of nitrogen functional groups attached to an aromatic ring is 1. The summed E-state index contributed by atoms with van der Waals surface area (Å²) in [5.74, 6) is -0.777. The summed E-state index contributed by atoms with van der Waals surface area (Å²) in [7, 11) is 2.03. The predicted octanol–water partition coefficient (Wildman–Crippen LogP) is 2.18. The van der Waals surface area contributed by atoms with Gasteiger partial charge in [0.25, 0.3) is 5.91 Å². The van der Waals surface area contributed by atoms with Gasteiger partial charge < -0.3 is 24.8 Å². The van der Waals surface area contributed by atoms with Crippen molar-refractivity contribution in [3.8, 4) is 5.75 Å². The minimum absolute atomic E-state index is 0.0816. The van der Waals surface area contributed by atoms with Crippen LogP contribution in [-0.4, -0.2) is 55.2 Å². The first-order valence-electron chi connectivity index (χ1n) is 11.2. The molecular formula is C24H27FN6O3. The number of likely N-dealkylation sites (N-methyl/N-ethyl adjacent to an activating group) is 1. The highest BCUT2D eigenvalue weighted by molar-refractivity contribution is 6.00. The Labute approximate surface area is 195 Å². The molecule has 1 amide bonds. The Hall–Kier alpha value is -3.79. The quantitative estimate of drug-likeness (QED) is 0.400. The monoisotopic (exact) mass is 466 g/mol. The number of pyridine rings is 1. The van der Waals surface area contributed by atoms with E-state index in [0.29, 0.717) is 48.0 Å². The number of nitrogens with zero attached hydrogens (tertiary/aromatic N) is 3. The van der Waals surface area contributed by atoms with Gasteiger partial charge in [-0.2, -0.15) is 0 Å². The Morgan fingerprint density at radius 2 is 1.88 bits per heavy atom. The van der Waals surface area contributed by atoms with Crippen LogP contribution in [-0.2, 0) is 0 Å². The van der Waals surface area contributed by atoms with Gasteiger partial charge in [0.15, 0.2) is 11.6 Å². The number of nitrogens with two attached hydrogens (primary N) is 1. The molecule has 4 N–H and O–H groups in total. The standard InChI is InChI=1S/C24H27FN6O3/c1-14-13-34-23-20-17(11-19(25)21(23)30-9-7-29(2)8-10-30)22(32)18(12-31(14)20)24(33)28-27-16-5-3-15(26)4-6-16/h3-6,11-12,14,27H,7-10,13,26H2,1-2H3,(H,28,33)/t14-/m0/s1. The predicted molar refractivity (Wildman–Crippen MR) is 130 cm³/mol. The van der Waals surface area contributed by atoms with Gasteiger partial charge >= 0.3 is 0 Å². The van der Waals surface area contributed by atoms with Crippen molar-refractivity contribution < 1.29 is 13.9 Å². The van der Waals surface area contributed by atoms with Gasteiger partial charge in [-0.1, -0.05) is 0 Å². The number of hydrazine groups is 1. The minimum Gasteiger partial charge on any atom is -0.487 e. The zero-order chi connectivity index (χ0) is 24.0. The third-order valence-corrected chi connectivity index (χ3v) is 6.44. The number of halogens is 1. The molecule has 0 radical (unpaired) electrons. The molecule has 0 spiro atoms. The zero-order valence-corrected chi connectivity index (χ0v) is 19.1. The van der Waals surface area contributed by atoms with Crippen LogP contribution in [0.15, 0.2) is 41.3 Å². The summed E-state index contributed by atoms with van der Waals surface area (Å²) >= 11 is 0. The van der Waals surface area contributed by atoms with Gasteiger partial charge in [-0.3, -0.25) is 20.4 Å². The van der Waals surface area contributed by atoms with Crippen LogP contribution in [0.4, 0.5) is 21.5 Å². The summed E-state index contributed by atoms with van der Waals surface area (Å²) in [5, 5.41) is 0.122. The van der Waals surface area contributed by atoms with Gasteiger partial charge in [0.1, 0.15) is 17.9 Å². The van der Waals surface area contributed by atoms with Crippen molar-refractivity contribution in [3.63, 3.8) is 0 Å². The fraction of sp³-hybridized carbons (Fsp3) is 0.333. The number of rotatable bonds is 4. The molecule has 3 aromatic rings. The molecule has 1 aromatic heterocycles. The largest absolute Gasteiger partial charge is 0.487 e. The summed E-state index contributed by atoms with van der Waals surface area (Å²) in [6.45, 7) is 5.17. The number of aromatic nitrogens is 1. The number of nitrogens with one attached hydrogen (secondary N) is 2. The first kappa shape index (κ1) is 22.0. The van der Waals surface area contributed by atoms with Crippen LogP contribution in [0.25, 0.3) is 10.9 Å². The zero-order valence-electron chi connectivity index (χ0n) is 19.1. The molecule has 0 bridgehead atoms. The topological polar surface area (TPSA) is 105 Å². The second kappa shape index (κ2) is 8.53.